The van der Waals surface area contributed by atoms with Gasteiger partial charge in [-0.3, -0.25) is 9.69 Å². The Morgan fingerprint density at radius 1 is 1.32 bits per heavy atom. The Bertz CT molecular complexity index is 1010. The first-order chi connectivity index (χ1) is 13.1. The van der Waals surface area contributed by atoms with E-state index >= 15 is 0 Å². The molecule has 0 aromatic carbocycles. The van der Waals surface area contributed by atoms with E-state index in [0.29, 0.717) is 37.2 Å². The first-order valence-electron chi connectivity index (χ1n) is 9.27. The smallest absolute Gasteiger partial charge is 0.261 e. The Morgan fingerprint density at radius 2 is 2.07 bits per heavy atom. The van der Waals surface area contributed by atoms with Gasteiger partial charge in [0.1, 0.15) is 4.21 Å². The zero-order chi connectivity index (χ0) is 20.5. The molecule has 1 N–H and O–H groups in total. The molecule has 0 aliphatic carbocycles. The molecule has 28 heavy (non-hydrogen) atoms. The molecule has 1 aliphatic rings. The van der Waals surface area contributed by atoms with Gasteiger partial charge < -0.3 is 4.98 Å². The van der Waals surface area contributed by atoms with Crippen LogP contribution in [0.3, 0.4) is 0 Å². The van der Waals surface area contributed by atoms with E-state index in [9.17, 15) is 22.0 Å². The van der Waals surface area contributed by atoms with E-state index < -0.39 is 15.8 Å². The van der Waals surface area contributed by atoms with Crippen molar-refractivity contribution in [2.24, 2.45) is 0 Å². The van der Waals surface area contributed by atoms with E-state index in [0.717, 1.165) is 10.4 Å². The molecule has 5 nitrogen and oxygen atoms in total. The molecule has 2 aromatic rings. The van der Waals surface area contributed by atoms with Crippen molar-refractivity contribution in [2.75, 3.05) is 25.4 Å². The van der Waals surface area contributed by atoms with Crippen molar-refractivity contribution in [3.8, 4) is 10.4 Å². The first kappa shape index (κ1) is 21.1. The normalized spacial score (nSPS) is 17.3. The lowest BCUT2D eigenvalue weighted by atomic mass is 10.1. The van der Waals surface area contributed by atoms with Crippen LogP contribution in [-0.2, 0) is 16.3 Å². The first-order valence-corrected chi connectivity index (χ1v) is 11.7. The average molecular weight is 431 g/mol. The van der Waals surface area contributed by atoms with Crippen LogP contribution in [0, 0.1) is 6.92 Å². The molecule has 0 saturated carbocycles. The molecule has 0 radical (unpaired) electrons. The lowest BCUT2D eigenvalue weighted by Crippen LogP contribution is -2.27. The zero-order valence-electron chi connectivity index (χ0n) is 15.9. The van der Waals surface area contributed by atoms with Gasteiger partial charge in [0.2, 0.25) is 0 Å². The second kappa shape index (κ2) is 8.04. The molecule has 0 unspecified atom stereocenters. The fourth-order valence-electron chi connectivity index (χ4n) is 3.39. The highest BCUT2D eigenvalue weighted by molar-refractivity contribution is 7.93. The Labute approximate surface area is 167 Å². The minimum atomic E-state index is -3.47. The number of H-pyrrole nitrogens is 1. The number of thiophene rings is 1. The number of alkyl halides is 2. The summed E-state index contributed by atoms with van der Waals surface area (Å²) < 4.78 is 51.9. The van der Waals surface area contributed by atoms with E-state index in [1.807, 2.05) is 13.0 Å². The van der Waals surface area contributed by atoms with Gasteiger partial charge in [-0.05, 0) is 44.5 Å². The van der Waals surface area contributed by atoms with Gasteiger partial charge in [0, 0.05) is 34.7 Å². The third-order valence-electron chi connectivity index (χ3n) is 4.99. The molecule has 1 fully saturated rings. The number of hydrogen-bond acceptors (Lipinski definition) is 5. The summed E-state index contributed by atoms with van der Waals surface area (Å²) in [5.41, 5.74) is 2.05. The summed E-state index contributed by atoms with van der Waals surface area (Å²) in [5, 5.41) is 0. The van der Waals surface area contributed by atoms with Gasteiger partial charge in [-0.1, -0.05) is 6.92 Å². The molecule has 0 bridgehead atoms. The number of hydrogen-bond donors (Lipinski definition) is 1. The van der Waals surface area contributed by atoms with Crippen LogP contribution in [0.1, 0.15) is 31.0 Å². The second-order valence-corrected chi connectivity index (χ2v) is 10.6. The van der Waals surface area contributed by atoms with Gasteiger partial charge in [-0.25, -0.2) is 17.2 Å². The zero-order valence-corrected chi connectivity index (χ0v) is 17.6. The van der Waals surface area contributed by atoms with Gasteiger partial charge in [0.05, 0.1) is 12.3 Å². The molecule has 154 valence electrons. The summed E-state index contributed by atoms with van der Waals surface area (Å²) in [5.74, 6) is -2.73. The van der Waals surface area contributed by atoms with E-state index in [1.165, 1.54) is 11.3 Å². The van der Waals surface area contributed by atoms with Crippen LogP contribution >= 0.6 is 11.3 Å². The minimum Gasteiger partial charge on any atom is -0.326 e. The van der Waals surface area contributed by atoms with E-state index in [2.05, 4.69) is 4.98 Å². The summed E-state index contributed by atoms with van der Waals surface area (Å²) in [6.45, 7) is 4.05. The number of nitrogens with zero attached hydrogens (tertiary/aromatic N) is 1. The molecular formula is C19H24F2N2O3S2. The number of aryl methyl sites for hydroxylation is 2. The molecule has 2 aromatic heterocycles. The van der Waals surface area contributed by atoms with Crippen LogP contribution in [0.2, 0.25) is 0 Å². The number of likely N-dealkylation sites (tertiary alicyclic amines) is 1. The topological polar surface area (TPSA) is 70.2 Å². The van der Waals surface area contributed by atoms with Crippen LogP contribution < -0.4 is 5.56 Å². The van der Waals surface area contributed by atoms with E-state index in [1.54, 1.807) is 24.0 Å². The maximum Gasteiger partial charge on any atom is 0.261 e. The molecule has 9 heteroatoms. The van der Waals surface area contributed by atoms with Crippen molar-refractivity contribution in [3.05, 3.63) is 39.8 Å². The van der Waals surface area contributed by atoms with Crippen molar-refractivity contribution in [1.82, 2.24) is 9.88 Å². The predicted molar refractivity (Wildman–Crippen MR) is 107 cm³/mol. The van der Waals surface area contributed by atoms with Crippen molar-refractivity contribution in [2.45, 2.75) is 43.2 Å². The van der Waals surface area contributed by atoms with Crippen LogP contribution in [0.15, 0.2) is 27.2 Å². The highest BCUT2D eigenvalue weighted by Gasteiger charge is 2.37. The van der Waals surface area contributed by atoms with Crippen molar-refractivity contribution in [3.63, 3.8) is 0 Å². The number of halogens is 2. The Balaban J connectivity index is 1.70. The fourth-order valence-corrected chi connectivity index (χ4v) is 6.22. The molecule has 0 amide bonds. The SMILES string of the molecule is CCc1cc(-c2ccc(S(=O)(=O)CCCN3CCC(F)(F)C3)s2)c(C)[nH]c1=O. The summed E-state index contributed by atoms with van der Waals surface area (Å²) in [7, 11) is -3.47. The van der Waals surface area contributed by atoms with Gasteiger partial charge in [0.15, 0.2) is 9.84 Å². The quantitative estimate of drug-likeness (QED) is 0.730. The molecular weight excluding hydrogens is 406 g/mol. The lowest BCUT2D eigenvalue weighted by molar-refractivity contribution is 0.0123. The number of sulfone groups is 1. The Hall–Kier alpha value is -1.58. The maximum absolute atomic E-state index is 13.2. The van der Waals surface area contributed by atoms with Crippen LogP contribution in [0.25, 0.3) is 10.4 Å². The summed E-state index contributed by atoms with van der Waals surface area (Å²) in [4.78, 5) is 17.1. The van der Waals surface area contributed by atoms with Crippen LogP contribution in [0.4, 0.5) is 8.78 Å². The monoisotopic (exact) mass is 430 g/mol. The average Bonchev–Trinajstić information content (AvgIpc) is 3.22. The van der Waals surface area contributed by atoms with Crippen molar-refractivity contribution in [1.29, 1.82) is 0 Å². The third-order valence-corrected chi connectivity index (χ3v) is 8.49. The number of aromatic nitrogens is 1. The number of rotatable bonds is 7. The highest BCUT2D eigenvalue weighted by atomic mass is 32.2. The maximum atomic E-state index is 13.2. The van der Waals surface area contributed by atoms with Crippen LogP contribution in [-0.4, -0.2) is 49.6 Å². The van der Waals surface area contributed by atoms with Gasteiger partial charge in [0.25, 0.3) is 11.5 Å². The molecule has 3 rings (SSSR count). The van der Waals surface area contributed by atoms with Gasteiger partial charge in [-0.15, -0.1) is 11.3 Å². The summed E-state index contributed by atoms with van der Waals surface area (Å²) >= 11 is 1.17. The predicted octanol–water partition coefficient (Wildman–Crippen LogP) is 3.48. The molecule has 1 aliphatic heterocycles. The molecule has 0 spiro atoms. The summed E-state index contributed by atoms with van der Waals surface area (Å²) in [6.07, 6.45) is 0.754. The van der Waals surface area contributed by atoms with E-state index in [-0.39, 0.29) is 28.5 Å². The standard InChI is InChI=1S/C19H24F2N2O3S2/c1-3-14-11-15(13(2)22-18(14)24)16-5-6-17(27-16)28(25,26)10-4-8-23-9-7-19(20,21)12-23/h5-6,11H,3-4,7-10,12H2,1-2H3,(H,22,24). The second-order valence-electron chi connectivity index (χ2n) is 7.19. The minimum absolute atomic E-state index is 0.0696. The Morgan fingerprint density at radius 3 is 2.71 bits per heavy atom. The van der Waals surface area contributed by atoms with E-state index in [4.69, 9.17) is 0 Å². The molecule has 0 atom stereocenters. The van der Waals surface area contributed by atoms with Crippen LogP contribution in [0.5, 0.6) is 0 Å². The number of aromatic amines is 1. The number of pyridine rings is 1. The van der Waals surface area contributed by atoms with Gasteiger partial charge >= 0.3 is 0 Å². The lowest BCUT2D eigenvalue weighted by Gasteiger charge is -2.14. The molecule has 3 heterocycles. The van der Waals surface area contributed by atoms with Crippen molar-refractivity contribution >= 4 is 21.2 Å². The fraction of sp³-hybridized carbons (Fsp3) is 0.526. The highest BCUT2D eigenvalue weighted by Crippen LogP contribution is 2.33. The van der Waals surface area contributed by atoms with Crippen molar-refractivity contribution < 1.29 is 17.2 Å². The largest absolute Gasteiger partial charge is 0.326 e. The third kappa shape index (κ3) is 4.69. The molecule has 1 saturated heterocycles. The number of nitrogens with one attached hydrogen (secondary N) is 1. The van der Waals surface area contributed by atoms with Gasteiger partial charge in [-0.2, -0.15) is 0 Å². The summed E-state index contributed by atoms with van der Waals surface area (Å²) in [6, 6.07) is 5.14. The Kier molecular flexibility index (Phi) is 6.07.